The Labute approximate surface area is 121 Å². The first-order valence-electron chi connectivity index (χ1n) is 6.15. The van der Waals surface area contributed by atoms with Gasteiger partial charge in [-0.25, -0.2) is 12.8 Å². The Morgan fingerprint density at radius 1 is 1.35 bits per heavy atom. The summed E-state index contributed by atoms with van der Waals surface area (Å²) in [5, 5.41) is 2.42. The summed E-state index contributed by atoms with van der Waals surface area (Å²) in [5.74, 6) is -0.981. The molecule has 2 N–H and O–H groups in total. The van der Waals surface area contributed by atoms with E-state index in [4.69, 9.17) is 11.6 Å². The molecule has 0 aliphatic carbocycles. The van der Waals surface area contributed by atoms with Crippen LogP contribution in [0.3, 0.4) is 0 Å². The van der Waals surface area contributed by atoms with Crippen LogP contribution in [0.5, 0.6) is 0 Å². The molecular formula is C12H14ClFN2O3S. The number of amides is 1. The third-order valence-electron chi connectivity index (χ3n) is 3.02. The van der Waals surface area contributed by atoms with Crippen molar-refractivity contribution < 1.29 is 17.6 Å². The second-order valence-corrected chi connectivity index (χ2v) is 6.63. The lowest BCUT2D eigenvalue weighted by atomic mass is 10.1. The Bertz CT molecular complexity index is 621. The lowest BCUT2D eigenvalue weighted by Gasteiger charge is -2.16. The Balaban J connectivity index is 2.24. The summed E-state index contributed by atoms with van der Waals surface area (Å²) in [5.41, 5.74) is 0. The maximum atomic E-state index is 12.9. The second-order valence-electron chi connectivity index (χ2n) is 4.54. The van der Waals surface area contributed by atoms with E-state index in [1.54, 1.807) is 0 Å². The maximum absolute atomic E-state index is 12.9. The van der Waals surface area contributed by atoms with Gasteiger partial charge in [0.2, 0.25) is 15.9 Å². The van der Waals surface area contributed by atoms with Gasteiger partial charge < -0.3 is 5.32 Å². The fraction of sp³-hybridized carbons (Fsp3) is 0.417. The van der Waals surface area contributed by atoms with E-state index in [1.807, 2.05) is 0 Å². The molecule has 8 heteroatoms. The first-order valence-corrected chi connectivity index (χ1v) is 8.01. The van der Waals surface area contributed by atoms with E-state index in [-0.39, 0.29) is 15.8 Å². The lowest BCUT2D eigenvalue weighted by molar-refractivity contribution is -0.122. The number of hydrogen-bond donors (Lipinski definition) is 2. The average Bonchev–Trinajstić information content (AvgIpc) is 2.54. The van der Waals surface area contributed by atoms with E-state index < -0.39 is 21.9 Å². The molecule has 20 heavy (non-hydrogen) atoms. The molecule has 1 aliphatic rings. The van der Waals surface area contributed by atoms with Gasteiger partial charge in [-0.15, -0.1) is 0 Å². The van der Waals surface area contributed by atoms with Crippen molar-refractivity contribution in [3.63, 3.8) is 0 Å². The molecule has 0 spiro atoms. The van der Waals surface area contributed by atoms with Gasteiger partial charge in [0, 0.05) is 6.54 Å². The number of carbonyl (C=O) groups excluding carboxylic acids is 1. The molecule has 1 aliphatic heterocycles. The number of halogens is 2. The summed E-state index contributed by atoms with van der Waals surface area (Å²) in [4.78, 5) is 11.5. The topological polar surface area (TPSA) is 75.3 Å². The highest BCUT2D eigenvalue weighted by Gasteiger charge is 2.28. The third kappa shape index (κ3) is 3.47. The minimum absolute atomic E-state index is 0.216. The molecule has 0 aromatic heterocycles. The molecule has 5 nitrogen and oxygen atoms in total. The Hall–Kier alpha value is -1.18. The first kappa shape index (κ1) is 15.2. The molecule has 1 saturated heterocycles. The third-order valence-corrected chi connectivity index (χ3v) is 4.97. The van der Waals surface area contributed by atoms with Crippen molar-refractivity contribution in [2.45, 2.75) is 30.2 Å². The van der Waals surface area contributed by atoms with Crippen molar-refractivity contribution in [1.29, 1.82) is 0 Å². The van der Waals surface area contributed by atoms with Crippen LogP contribution in [0, 0.1) is 5.82 Å². The van der Waals surface area contributed by atoms with Crippen molar-refractivity contribution in [2.24, 2.45) is 0 Å². The molecule has 1 aromatic carbocycles. The number of hydrogen-bond acceptors (Lipinski definition) is 3. The highest BCUT2D eigenvalue weighted by atomic mass is 35.5. The molecule has 2 rings (SSSR count). The lowest BCUT2D eigenvalue weighted by Crippen LogP contribution is -2.45. The second kappa shape index (κ2) is 6.07. The van der Waals surface area contributed by atoms with Gasteiger partial charge in [0.15, 0.2) is 0 Å². The molecule has 0 bridgehead atoms. The standard InChI is InChI=1S/C12H14ClFN2O3S/c13-9-7-8(14)4-5-11(9)20(18,19)16-10-3-1-2-6-15-12(10)17/h4-5,7,10,16H,1-3,6H2,(H,15,17). The van der Waals surface area contributed by atoms with Gasteiger partial charge in [-0.05, 0) is 37.5 Å². The highest BCUT2D eigenvalue weighted by molar-refractivity contribution is 7.89. The van der Waals surface area contributed by atoms with Crippen LogP contribution in [0.1, 0.15) is 19.3 Å². The number of sulfonamides is 1. The summed E-state index contributed by atoms with van der Waals surface area (Å²) in [6.07, 6.45) is 1.97. The summed E-state index contributed by atoms with van der Waals surface area (Å²) >= 11 is 5.74. The zero-order valence-corrected chi connectivity index (χ0v) is 12.1. The Morgan fingerprint density at radius 3 is 2.80 bits per heavy atom. The van der Waals surface area contributed by atoms with Crippen molar-refractivity contribution in [3.8, 4) is 0 Å². The van der Waals surface area contributed by atoms with E-state index in [0.29, 0.717) is 13.0 Å². The number of benzene rings is 1. The highest BCUT2D eigenvalue weighted by Crippen LogP contribution is 2.22. The smallest absolute Gasteiger partial charge is 0.242 e. The minimum atomic E-state index is -3.97. The Morgan fingerprint density at radius 2 is 2.10 bits per heavy atom. The normalized spacial score (nSPS) is 20.3. The van der Waals surface area contributed by atoms with Crippen molar-refractivity contribution in [2.75, 3.05) is 6.54 Å². The van der Waals surface area contributed by atoms with E-state index in [2.05, 4.69) is 10.0 Å². The largest absolute Gasteiger partial charge is 0.355 e. The van der Waals surface area contributed by atoms with Crippen molar-refractivity contribution in [3.05, 3.63) is 29.0 Å². The van der Waals surface area contributed by atoms with Crippen LogP contribution in [0.4, 0.5) is 4.39 Å². The Kier molecular flexibility index (Phi) is 4.62. The summed E-state index contributed by atoms with van der Waals surface area (Å²) in [6, 6.07) is 2.18. The van der Waals surface area contributed by atoms with Gasteiger partial charge in [0.25, 0.3) is 0 Å². The predicted molar refractivity (Wildman–Crippen MR) is 72.4 cm³/mol. The van der Waals surface area contributed by atoms with Gasteiger partial charge in [-0.1, -0.05) is 11.6 Å². The van der Waals surface area contributed by atoms with E-state index in [1.165, 1.54) is 0 Å². The van der Waals surface area contributed by atoms with E-state index >= 15 is 0 Å². The van der Waals surface area contributed by atoms with Crippen LogP contribution < -0.4 is 10.0 Å². The van der Waals surface area contributed by atoms with Crippen LogP contribution in [0.2, 0.25) is 5.02 Å². The maximum Gasteiger partial charge on any atom is 0.242 e. The summed E-state index contributed by atoms with van der Waals surface area (Å²) in [7, 11) is -3.97. The average molecular weight is 321 g/mol. The van der Waals surface area contributed by atoms with Gasteiger partial charge in [-0.2, -0.15) is 4.72 Å². The van der Waals surface area contributed by atoms with Crippen LogP contribution in [0.15, 0.2) is 23.1 Å². The van der Waals surface area contributed by atoms with E-state index in [9.17, 15) is 17.6 Å². The van der Waals surface area contributed by atoms with Crippen molar-refractivity contribution in [1.82, 2.24) is 10.0 Å². The first-order chi connectivity index (χ1) is 9.40. The number of nitrogens with one attached hydrogen (secondary N) is 2. The van der Waals surface area contributed by atoms with Gasteiger partial charge >= 0.3 is 0 Å². The number of carbonyl (C=O) groups is 1. The van der Waals surface area contributed by atoms with Gasteiger partial charge in [0.1, 0.15) is 16.8 Å². The fourth-order valence-electron chi connectivity index (χ4n) is 2.00. The molecule has 1 atom stereocenters. The van der Waals surface area contributed by atoms with Gasteiger partial charge in [0.05, 0.1) is 5.02 Å². The molecule has 0 radical (unpaired) electrons. The molecule has 1 fully saturated rings. The van der Waals surface area contributed by atoms with Crippen LogP contribution >= 0.6 is 11.6 Å². The molecule has 0 saturated carbocycles. The minimum Gasteiger partial charge on any atom is -0.355 e. The summed E-state index contributed by atoms with van der Waals surface area (Å²) < 4.78 is 39.6. The molecule has 1 heterocycles. The zero-order valence-electron chi connectivity index (χ0n) is 10.5. The zero-order chi connectivity index (χ0) is 14.8. The number of rotatable bonds is 3. The van der Waals surface area contributed by atoms with Crippen LogP contribution in [-0.2, 0) is 14.8 Å². The molecule has 1 amide bonds. The van der Waals surface area contributed by atoms with E-state index in [0.717, 1.165) is 31.0 Å². The van der Waals surface area contributed by atoms with Crippen LogP contribution in [0.25, 0.3) is 0 Å². The molecule has 110 valence electrons. The molecular weight excluding hydrogens is 307 g/mol. The SMILES string of the molecule is O=C1NCCCCC1NS(=O)(=O)c1ccc(F)cc1Cl. The fourth-order valence-corrected chi connectivity index (χ4v) is 3.76. The van der Waals surface area contributed by atoms with Crippen molar-refractivity contribution >= 4 is 27.5 Å². The van der Waals surface area contributed by atoms with Crippen LogP contribution in [-0.4, -0.2) is 26.9 Å². The quantitative estimate of drug-likeness (QED) is 0.884. The molecule has 1 unspecified atom stereocenters. The monoisotopic (exact) mass is 320 g/mol. The summed E-state index contributed by atoms with van der Waals surface area (Å²) in [6.45, 7) is 0.536. The molecule has 1 aromatic rings. The predicted octanol–water partition coefficient (Wildman–Crippen LogP) is 1.43. The van der Waals surface area contributed by atoms with Gasteiger partial charge in [-0.3, -0.25) is 4.79 Å².